The molecule has 4 nitrogen and oxygen atoms in total. The van der Waals surface area contributed by atoms with Crippen molar-refractivity contribution in [3.05, 3.63) is 0 Å². The van der Waals surface area contributed by atoms with Crippen LogP contribution in [0.5, 0.6) is 0 Å². The van der Waals surface area contributed by atoms with Gasteiger partial charge in [-0.3, -0.25) is 0 Å². The van der Waals surface area contributed by atoms with Gasteiger partial charge in [-0.25, -0.2) is 0 Å². The summed E-state index contributed by atoms with van der Waals surface area (Å²) >= 11 is 0. The standard InChI is InChI=1S/C18H40O4Si2/c1-17(2,3)23(8,9)20-13-14-12-15(16(19-7)21-14)22-24(10,11)18(4,5)6/h14-16H,12-13H2,1-11H3/t14-,15+,16+/m0/s1. The van der Waals surface area contributed by atoms with Gasteiger partial charge in [0.05, 0.1) is 18.8 Å². The quantitative estimate of drug-likeness (QED) is 0.600. The summed E-state index contributed by atoms with van der Waals surface area (Å²) in [6.45, 7) is 23.3. The molecule has 3 atom stereocenters. The molecule has 24 heavy (non-hydrogen) atoms. The molecule has 1 saturated heterocycles. The Morgan fingerprint density at radius 3 is 1.83 bits per heavy atom. The molecule has 0 aromatic heterocycles. The first-order valence-electron chi connectivity index (χ1n) is 9.11. The van der Waals surface area contributed by atoms with Gasteiger partial charge in [0.2, 0.25) is 0 Å². The second-order valence-electron chi connectivity index (χ2n) is 10.1. The third-order valence-electron chi connectivity index (χ3n) is 6.05. The molecule has 0 radical (unpaired) electrons. The number of methoxy groups -OCH3 is 1. The minimum absolute atomic E-state index is 0.00362. The van der Waals surface area contributed by atoms with Crippen LogP contribution in [0, 0.1) is 0 Å². The Balaban J connectivity index is 2.68. The summed E-state index contributed by atoms with van der Waals surface area (Å²) in [6, 6.07) is 0. The maximum atomic E-state index is 6.54. The van der Waals surface area contributed by atoms with Crippen molar-refractivity contribution in [3.63, 3.8) is 0 Å². The van der Waals surface area contributed by atoms with Crippen LogP contribution in [0.4, 0.5) is 0 Å². The topological polar surface area (TPSA) is 36.9 Å². The van der Waals surface area contributed by atoms with E-state index in [4.69, 9.17) is 18.3 Å². The van der Waals surface area contributed by atoms with Crippen molar-refractivity contribution in [1.82, 2.24) is 0 Å². The molecule has 0 amide bonds. The fourth-order valence-corrected chi connectivity index (χ4v) is 4.55. The van der Waals surface area contributed by atoms with Crippen LogP contribution in [0.3, 0.4) is 0 Å². The van der Waals surface area contributed by atoms with Crippen LogP contribution in [0.1, 0.15) is 48.0 Å². The summed E-state index contributed by atoms with van der Waals surface area (Å²) in [5.41, 5.74) is 0. The first kappa shape index (κ1) is 22.3. The first-order chi connectivity index (χ1) is 10.6. The zero-order valence-corrected chi connectivity index (χ0v) is 19.8. The van der Waals surface area contributed by atoms with Gasteiger partial charge < -0.3 is 18.3 Å². The molecular formula is C18H40O4Si2. The Morgan fingerprint density at radius 2 is 1.42 bits per heavy atom. The van der Waals surface area contributed by atoms with Crippen molar-refractivity contribution < 1.29 is 18.3 Å². The fraction of sp³-hybridized carbons (Fsp3) is 1.00. The Bertz CT molecular complexity index is 410. The minimum atomic E-state index is -1.84. The maximum Gasteiger partial charge on any atom is 0.192 e. The number of ether oxygens (including phenoxy) is 2. The molecule has 0 aromatic rings. The van der Waals surface area contributed by atoms with E-state index >= 15 is 0 Å². The van der Waals surface area contributed by atoms with Gasteiger partial charge in [-0.2, -0.15) is 0 Å². The molecule has 0 aromatic carbocycles. The van der Waals surface area contributed by atoms with Gasteiger partial charge in [-0.15, -0.1) is 0 Å². The third kappa shape index (κ3) is 5.38. The second kappa shape index (κ2) is 7.49. The Labute approximate surface area is 151 Å². The average molecular weight is 377 g/mol. The molecule has 1 aliphatic rings. The van der Waals surface area contributed by atoms with Crippen LogP contribution in [0.25, 0.3) is 0 Å². The lowest BCUT2D eigenvalue weighted by Crippen LogP contribution is -2.46. The van der Waals surface area contributed by atoms with Crippen LogP contribution >= 0.6 is 0 Å². The van der Waals surface area contributed by atoms with Crippen molar-refractivity contribution in [2.75, 3.05) is 13.7 Å². The Kier molecular flexibility index (Phi) is 6.96. The molecule has 0 aliphatic carbocycles. The summed E-state index contributed by atoms with van der Waals surface area (Å²) < 4.78 is 24.5. The van der Waals surface area contributed by atoms with E-state index in [1.165, 1.54) is 0 Å². The van der Waals surface area contributed by atoms with Gasteiger partial charge in [-0.1, -0.05) is 41.5 Å². The molecule has 6 heteroatoms. The molecular weight excluding hydrogens is 336 g/mol. The summed E-state index contributed by atoms with van der Waals surface area (Å²) in [5, 5.41) is 0.393. The van der Waals surface area contributed by atoms with Gasteiger partial charge in [-0.05, 0) is 36.3 Å². The lowest BCUT2D eigenvalue weighted by atomic mass is 10.2. The van der Waals surface area contributed by atoms with E-state index in [2.05, 4.69) is 67.7 Å². The molecule has 1 heterocycles. The van der Waals surface area contributed by atoms with Crippen molar-refractivity contribution in [2.24, 2.45) is 0 Å². The van der Waals surface area contributed by atoms with Gasteiger partial charge in [0.15, 0.2) is 22.9 Å². The molecule has 144 valence electrons. The minimum Gasteiger partial charge on any atom is -0.414 e. The van der Waals surface area contributed by atoms with Crippen LogP contribution < -0.4 is 0 Å². The summed E-state index contributed by atoms with van der Waals surface area (Å²) in [5.74, 6) is 0. The lowest BCUT2D eigenvalue weighted by Gasteiger charge is -2.39. The number of hydrogen-bond acceptors (Lipinski definition) is 4. The molecule has 1 rings (SSSR count). The van der Waals surface area contributed by atoms with Crippen LogP contribution in [0.15, 0.2) is 0 Å². The predicted molar refractivity (Wildman–Crippen MR) is 106 cm³/mol. The van der Waals surface area contributed by atoms with Crippen molar-refractivity contribution in [3.8, 4) is 0 Å². The molecule has 0 spiro atoms. The smallest absolute Gasteiger partial charge is 0.192 e. The highest BCUT2D eigenvalue weighted by Crippen LogP contribution is 2.40. The van der Waals surface area contributed by atoms with Crippen molar-refractivity contribution in [2.45, 2.75) is 103 Å². The van der Waals surface area contributed by atoms with Gasteiger partial charge in [0.1, 0.15) is 0 Å². The summed E-state index contributed by atoms with van der Waals surface area (Å²) in [6.07, 6.45) is 0.620. The lowest BCUT2D eigenvalue weighted by molar-refractivity contribution is -0.149. The molecule has 1 fully saturated rings. The maximum absolute atomic E-state index is 6.54. The molecule has 0 saturated carbocycles. The zero-order valence-electron chi connectivity index (χ0n) is 17.8. The summed E-state index contributed by atoms with van der Waals surface area (Å²) in [7, 11) is -1.90. The van der Waals surface area contributed by atoms with E-state index in [9.17, 15) is 0 Å². The van der Waals surface area contributed by atoms with Crippen molar-refractivity contribution in [1.29, 1.82) is 0 Å². The van der Waals surface area contributed by atoms with E-state index in [0.29, 0.717) is 6.61 Å². The highest BCUT2D eigenvalue weighted by molar-refractivity contribution is 6.74. The Morgan fingerprint density at radius 1 is 0.917 bits per heavy atom. The van der Waals surface area contributed by atoms with E-state index < -0.39 is 16.6 Å². The Hall–Kier alpha value is 0.274. The third-order valence-corrected chi connectivity index (χ3v) is 15.1. The monoisotopic (exact) mass is 376 g/mol. The van der Waals surface area contributed by atoms with Gasteiger partial charge >= 0.3 is 0 Å². The molecule has 0 N–H and O–H groups in total. The normalized spacial score (nSPS) is 26.9. The number of rotatable bonds is 6. The highest BCUT2D eigenvalue weighted by Gasteiger charge is 2.45. The fourth-order valence-electron chi connectivity index (χ4n) is 2.19. The van der Waals surface area contributed by atoms with Crippen LogP contribution in [-0.2, 0) is 18.3 Å². The first-order valence-corrected chi connectivity index (χ1v) is 14.9. The SMILES string of the molecule is CO[C@@H]1O[C@H](CO[Si](C)(C)C(C)(C)C)C[C@H]1O[Si](C)(C)C(C)(C)C. The van der Waals surface area contributed by atoms with Gasteiger partial charge in [0.25, 0.3) is 0 Å². The average Bonchev–Trinajstić information content (AvgIpc) is 2.75. The van der Waals surface area contributed by atoms with E-state index in [1.807, 2.05) is 0 Å². The zero-order chi connectivity index (χ0) is 19.0. The van der Waals surface area contributed by atoms with E-state index in [-0.39, 0.29) is 28.6 Å². The van der Waals surface area contributed by atoms with Gasteiger partial charge in [0, 0.05) is 13.5 Å². The molecule has 1 aliphatic heterocycles. The summed E-state index contributed by atoms with van der Waals surface area (Å²) in [4.78, 5) is 0. The molecule has 0 bridgehead atoms. The number of hydrogen-bond donors (Lipinski definition) is 0. The molecule has 0 unspecified atom stereocenters. The van der Waals surface area contributed by atoms with Crippen LogP contribution in [-0.4, -0.2) is 48.8 Å². The van der Waals surface area contributed by atoms with Crippen LogP contribution in [0.2, 0.25) is 36.3 Å². The largest absolute Gasteiger partial charge is 0.414 e. The van der Waals surface area contributed by atoms with E-state index in [0.717, 1.165) is 6.42 Å². The van der Waals surface area contributed by atoms with Crippen molar-refractivity contribution >= 4 is 16.6 Å². The second-order valence-corrected chi connectivity index (χ2v) is 19.7. The van der Waals surface area contributed by atoms with E-state index in [1.54, 1.807) is 7.11 Å². The highest BCUT2D eigenvalue weighted by atomic mass is 28.4. The predicted octanol–water partition coefficient (Wildman–Crippen LogP) is 5.16.